The molecule has 0 saturated carbocycles. The minimum absolute atomic E-state index is 0.195. The third kappa shape index (κ3) is 5.61. The first-order chi connectivity index (χ1) is 12.8. The number of benzene rings is 1. The maximum Gasteiger partial charge on any atom is 0.123 e. The van der Waals surface area contributed by atoms with Gasteiger partial charge in [-0.15, -0.1) is 0 Å². The van der Waals surface area contributed by atoms with Crippen molar-refractivity contribution in [1.82, 2.24) is 9.80 Å². The van der Waals surface area contributed by atoms with Gasteiger partial charge < -0.3 is 9.84 Å². The smallest absolute Gasteiger partial charge is 0.123 e. The van der Waals surface area contributed by atoms with Gasteiger partial charge in [0.25, 0.3) is 0 Å². The highest BCUT2D eigenvalue weighted by atomic mass is 19.1. The van der Waals surface area contributed by atoms with E-state index in [1.54, 1.807) is 12.1 Å². The minimum Gasteiger partial charge on any atom is -0.396 e. The first-order valence-electron chi connectivity index (χ1n) is 9.83. The standard InChI is InChI=1S/C21H31FN2O2/c22-20-7-5-18(6-8-20)3-1-10-23-11-9-21(19(17-23)4-2-14-25)24-12-15-26-16-13-24/h1,3,5-8,19,21,25H,2,4,9-17H2/b3-1+/t19-,21+/m1/s1. The average Bonchev–Trinajstić information content (AvgIpc) is 2.69. The van der Waals surface area contributed by atoms with Crippen LogP contribution in [0.15, 0.2) is 30.3 Å². The molecule has 3 rings (SSSR count). The zero-order chi connectivity index (χ0) is 18.2. The Labute approximate surface area is 156 Å². The number of aliphatic hydroxyl groups is 1. The molecule has 2 atom stereocenters. The van der Waals surface area contributed by atoms with Crippen molar-refractivity contribution in [2.24, 2.45) is 5.92 Å². The van der Waals surface area contributed by atoms with Crippen LogP contribution in [0.1, 0.15) is 24.8 Å². The molecule has 0 spiro atoms. The lowest BCUT2D eigenvalue weighted by Gasteiger charge is -2.45. The summed E-state index contributed by atoms with van der Waals surface area (Å²) in [5, 5.41) is 9.26. The van der Waals surface area contributed by atoms with Gasteiger partial charge in [0.15, 0.2) is 0 Å². The Morgan fingerprint density at radius 3 is 2.65 bits per heavy atom. The molecular weight excluding hydrogens is 331 g/mol. The van der Waals surface area contributed by atoms with E-state index in [2.05, 4.69) is 22.0 Å². The predicted octanol–water partition coefficient (Wildman–Crippen LogP) is 2.63. The molecule has 2 heterocycles. The molecule has 0 bridgehead atoms. The Balaban J connectivity index is 1.54. The third-order valence-electron chi connectivity index (χ3n) is 5.57. The van der Waals surface area contributed by atoms with Crippen LogP contribution in [0.4, 0.5) is 4.39 Å². The van der Waals surface area contributed by atoms with E-state index >= 15 is 0 Å². The van der Waals surface area contributed by atoms with Crippen molar-refractivity contribution in [1.29, 1.82) is 0 Å². The number of piperidine rings is 1. The van der Waals surface area contributed by atoms with Crippen LogP contribution in [-0.2, 0) is 4.74 Å². The Morgan fingerprint density at radius 1 is 1.15 bits per heavy atom. The fourth-order valence-electron chi connectivity index (χ4n) is 4.20. The molecule has 0 aliphatic carbocycles. The summed E-state index contributed by atoms with van der Waals surface area (Å²) < 4.78 is 18.5. The van der Waals surface area contributed by atoms with E-state index in [-0.39, 0.29) is 12.4 Å². The van der Waals surface area contributed by atoms with Gasteiger partial charge in [-0.25, -0.2) is 4.39 Å². The largest absolute Gasteiger partial charge is 0.396 e. The molecule has 4 nitrogen and oxygen atoms in total. The predicted molar refractivity (Wildman–Crippen MR) is 102 cm³/mol. The lowest BCUT2D eigenvalue weighted by Crippen LogP contribution is -2.54. The van der Waals surface area contributed by atoms with Crippen LogP contribution >= 0.6 is 0 Å². The van der Waals surface area contributed by atoms with Crippen molar-refractivity contribution in [3.63, 3.8) is 0 Å². The van der Waals surface area contributed by atoms with E-state index in [1.165, 1.54) is 18.6 Å². The lowest BCUT2D eigenvalue weighted by atomic mass is 9.87. The Kier molecular flexibility index (Phi) is 7.62. The SMILES string of the molecule is OCCC[C@@H]1CN(C/C=C/c2ccc(F)cc2)CC[C@@H]1N1CCOCC1. The van der Waals surface area contributed by atoms with E-state index in [4.69, 9.17) is 4.74 Å². The summed E-state index contributed by atoms with van der Waals surface area (Å²) in [6.07, 6.45) is 7.38. The highest BCUT2D eigenvalue weighted by Gasteiger charge is 2.33. The van der Waals surface area contributed by atoms with Crippen LogP contribution in [0.3, 0.4) is 0 Å². The zero-order valence-electron chi connectivity index (χ0n) is 15.5. The first kappa shape index (κ1) is 19.5. The molecule has 0 aromatic heterocycles. The molecule has 0 unspecified atom stereocenters. The fourth-order valence-corrected chi connectivity index (χ4v) is 4.20. The summed E-state index contributed by atoms with van der Waals surface area (Å²) in [5.41, 5.74) is 1.03. The molecule has 2 fully saturated rings. The topological polar surface area (TPSA) is 35.9 Å². The molecular formula is C21H31FN2O2. The maximum absolute atomic E-state index is 13.0. The quantitative estimate of drug-likeness (QED) is 0.809. The average molecular weight is 362 g/mol. The van der Waals surface area contributed by atoms with Crippen LogP contribution in [0.25, 0.3) is 6.08 Å². The second-order valence-electron chi connectivity index (χ2n) is 7.34. The molecule has 0 radical (unpaired) electrons. The van der Waals surface area contributed by atoms with Crippen LogP contribution in [0.2, 0.25) is 0 Å². The summed E-state index contributed by atoms with van der Waals surface area (Å²) in [6.45, 7) is 7.12. The van der Waals surface area contributed by atoms with Gasteiger partial charge in [-0.2, -0.15) is 0 Å². The number of morpholine rings is 1. The van der Waals surface area contributed by atoms with E-state index in [0.29, 0.717) is 12.0 Å². The van der Waals surface area contributed by atoms with Crippen molar-refractivity contribution in [2.45, 2.75) is 25.3 Å². The van der Waals surface area contributed by atoms with Crippen molar-refractivity contribution in [3.8, 4) is 0 Å². The molecule has 1 aromatic rings. The van der Waals surface area contributed by atoms with Gasteiger partial charge >= 0.3 is 0 Å². The summed E-state index contributed by atoms with van der Waals surface area (Å²) in [4.78, 5) is 5.09. The Morgan fingerprint density at radius 2 is 1.92 bits per heavy atom. The van der Waals surface area contributed by atoms with E-state index in [9.17, 15) is 9.50 Å². The third-order valence-corrected chi connectivity index (χ3v) is 5.57. The van der Waals surface area contributed by atoms with Gasteiger partial charge in [0, 0.05) is 38.8 Å². The Bertz CT molecular complexity index is 558. The zero-order valence-corrected chi connectivity index (χ0v) is 15.5. The summed E-state index contributed by atoms with van der Waals surface area (Å²) >= 11 is 0. The first-order valence-corrected chi connectivity index (χ1v) is 9.83. The number of aliphatic hydroxyl groups excluding tert-OH is 1. The summed E-state index contributed by atoms with van der Waals surface area (Å²) in [5.74, 6) is 0.410. The molecule has 2 aliphatic rings. The van der Waals surface area contributed by atoms with Crippen molar-refractivity contribution in [2.75, 3.05) is 52.5 Å². The number of ether oxygens (including phenoxy) is 1. The number of nitrogens with zero attached hydrogens (tertiary/aromatic N) is 2. The maximum atomic E-state index is 13.0. The van der Waals surface area contributed by atoms with Crippen LogP contribution in [-0.4, -0.2) is 73.5 Å². The van der Waals surface area contributed by atoms with Crippen molar-refractivity contribution >= 4 is 6.08 Å². The van der Waals surface area contributed by atoms with Crippen LogP contribution in [0.5, 0.6) is 0 Å². The molecule has 2 aliphatic heterocycles. The van der Waals surface area contributed by atoms with E-state index in [0.717, 1.165) is 64.3 Å². The number of hydrogen-bond donors (Lipinski definition) is 1. The Hall–Kier alpha value is -1.27. The lowest BCUT2D eigenvalue weighted by molar-refractivity contribution is -0.0206. The van der Waals surface area contributed by atoms with E-state index < -0.39 is 0 Å². The van der Waals surface area contributed by atoms with Crippen LogP contribution in [0, 0.1) is 11.7 Å². The van der Waals surface area contributed by atoms with Gasteiger partial charge in [0.2, 0.25) is 0 Å². The highest BCUT2D eigenvalue weighted by molar-refractivity contribution is 5.48. The minimum atomic E-state index is -0.195. The molecule has 0 amide bonds. The second-order valence-corrected chi connectivity index (χ2v) is 7.34. The number of rotatable bonds is 7. The van der Waals surface area contributed by atoms with Gasteiger partial charge in [-0.3, -0.25) is 9.80 Å². The van der Waals surface area contributed by atoms with Gasteiger partial charge in [-0.1, -0.05) is 24.3 Å². The fraction of sp³-hybridized carbons (Fsp3) is 0.619. The van der Waals surface area contributed by atoms with Gasteiger partial charge in [-0.05, 0) is 49.4 Å². The molecule has 5 heteroatoms. The van der Waals surface area contributed by atoms with E-state index in [1.807, 2.05) is 0 Å². The second kappa shape index (κ2) is 10.2. The molecule has 1 aromatic carbocycles. The molecule has 1 N–H and O–H groups in total. The van der Waals surface area contributed by atoms with Crippen molar-refractivity contribution < 1.29 is 14.2 Å². The number of likely N-dealkylation sites (tertiary alicyclic amines) is 1. The normalized spacial score (nSPS) is 25.8. The molecule has 144 valence electrons. The van der Waals surface area contributed by atoms with Gasteiger partial charge in [0.05, 0.1) is 13.2 Å². The summed E-state index contributed by atoms with van der Waals surface area (Å²) in [6, 6.07) is 7.22. The number of hydrogen-bond acceptors (Lipinski definition) is 4. The van der Waals surface area contributed by atoms with Crippen molar-refractivity contribution in [3.05, 3.63) is 41.7 Å². The highest BCUT2D eigenvalue weighted by Crippen LogP contribution is 2.27. The monoisotopic (exact) mass is 362 g/mol. The molecule has 2 saturated heterocycles. The molecule has 26 heavy (non-hydrogen) atoms. The summed E-state index contributed by atoms with van der Waals surface area (Å²) in [7, 11) is 0. The van der Waals surface area contributed by atoms with Gasteiger partial charge in [0.1, 0.15) is 5.82 Å². The van der Waals surface area contributed by atoms with Crippen LogP contribution < -0.4 is 0 Å². The number of halogens is 1.